The number of nitrogens with one attached hydrogen (secondary N) is 1. The van der Waals surface area contributed by atoms with Crippen molar-refractivity contribution in [3.63, 3.8) is 0 Å². The van der Waals surface area contributed by atoms with Gasteiger partial charge in [-0.3, -0.25) is 4.79 Å². The van der Waals surface area contributed by atoms with E-state index in [-0.39, 0.29) is 6.54 Å². The second kappa shape index (κ2) is 6.86. The molecule has 1 aromatic carbocycles. The Morgan fingerprint density at radius 2 is 1.89 bits per heavy atom. The van der Waals surface area contributed by atoms with Crippen LogP contribution in [0, 0.1) is 5.92 Å². The normalized spacial score (nSPS) is 15.3. The summed E-state index contributed by atoms with van der Waals surface area (Å²) in [6.45, 7) is 1.32. The summed E-state index contributed by atoms with van der Waals surface area (Å²) < 4.78 is 0. The van der Waals surface area contributed by atoms with E-state index in [0.29, 0.717) is 0 Å². The van der Waals surface area contributed by atoms with Crippen molar-refractivity contribution in [2.24, 2.45) is 11.7 Å². The second-order valence-corrected chi connectivity index (χ2v) is 4.32. The van der Waals surface area contributed by atoms with Crippen molar-refractivity contribution in [2.75, 3.05) is 6.54 Å². The first-order valence-corrected chi connectivity index (χ1v) is 5.92. The number of amides is 1. The molecule has 19 heavy (non-hydrogen) atoms. The number of carbonyl (C=O) groups excluding carboxylic acids is 1. The Balaban J connectivity index is 2.55. The molecule has 0 aliphatic rings. The number of aliphatic hydroxyl groups excluding tert-OH is 1. The molecule has 1 amide bonds. The Labute approximate surface area is 111 Å². The van der Waals surface area contributed by atoms with Crippen molar-refractivity contribution in [3.05, 3.63) is 35.9 Å². The lowest BCUT2D eigenvalue weighted by Crippen LogP contribution is -2.41. The van der Waals surface area contributed by atoms with Gasteiger partial charge < -0.3 is 21.3 Å². The third-order valence-corrected chi connectivity index (χ3v) is 2.89. The van der Waals surface area contributed by atoms with Crippen molar-refractivity contribution in [2.45, 2.75) is 19.1 Å². The van der Waals surface area contributed by atoms with Gasteiger partial charge >= 0.3 is 5.97 Å². The summed E-state index contributed by atoms with van der Waals surface area (Å²) in [7, 11) is 0. The number of benzene rings is 1. The topological polar surface area (TPSA) is 113 Å². The van der Waals surface area contributed by atoms with Gasteiger partial charge in [-0.15, -0.1) is 0 Å². The molecule has 3 unspecified atom stereocenters. The molecule has 0 heterocycles. The molecule has 0 saturated carbocycles. The van der Waals surface area contributed by atoms with E-state index in [0.717, 1.165) is 5.56 Å². The van der Waals surface area contributed by atoms with Gasteiger partial charge in [0.05, 0.1) is 12.5 Å². The average molecular weight is 266 g/mol. The zero-order chi connectivity index (χ0) is 14.4. The highest BCUT2D eigenvalue weighted by Gasteiger charge is 2.23. The summed E-state index contributed by atoms with van der Waals surface area (Å²) >= 11 is 0. The number of carbonyl (C=O) groups is 2. The van der Waals surface area contributed by atoms with Crippen LogP contribution in [0.1, 0.15) is 18.5 Å². The van der Waals surface area contributed by atoms with E-state index >= 15 is 0 Å². The molecule has 6 nitrogen and oxygen atoms in total. The lowest BCUT2D eigenvalue weighted by molar-refractivity contribution is -0.146. The fourth-order valence-corrected chi connectivity index (χ4v) is 1.57. The summed E-state index contributed by atoms with van der Waals surface area (Å²) in [6, 6.07) is 8.66. The van der Waals surface area contributed by atoms with Crippen molar-refractivity contribution < 1.29 is 19.8 Å². The first kappa shape index (κ1) is 15.1. The van der Waals surface area contributed by atoms with Crippen LogP contribution in [0.3, 0.4) is 0 Å². The summed E-state index contributed by atoms with van der Waals surface area (Å²) in [5.41, 5.74) is 6.79. The summed E-state index contributed by atoms with van der Waals surface area (Å²) in [6.07, 6.45) is -1.61. The van der Waals surface area contributed by atoms with Crippen molar-refractivity contribution >= 4 is 11.9 Å². The van der Waals surface area contributed by atoms with Crippen LogP contribution in [0.25, 0.3) is 0 Å². The molecule has 6 heteroatoms. The predicted molar refractivity (Wildman–Crippen MR) is 69.2 cm³/mol. The molecule has 0 spiro atoms. The van der Waals surface area contributed by atoms with Crippen molar-refractivity contribution in [1.29, 1.82) is 0 Å². The Bertz CT molecular complexity index is 436. The number of carboxylic acids is 1. The molecular formula is C13H18N2O4. The van der Waals surface area contributed by atoms with Crippen LogP contribution in [-0.4, -0.2) is 34.7 Å². The van der Waals surface area contributed by atoms with Crippen LogP contribution in [0.2, 0.25) is 0 Å². The maximum Gasteiger partial charge on any atom is 0.334 e. The van der Waals surface area contributed by atoms with Crippen LogP contribution >= 0.6 is 0 Å². The SMILES string of the molecule is CC(C(=O)NCC(O)C(=O)O)C(N)c1ccccc1. The van der Waals surface area contributed by atoms with Crippen LogP contribution in [0.4, 0.5) is 0 Å². The number of rotatable bonds is 6. The quantitative estimate of drug-likeness (QED) is 0.573. The summed E-state index contributed by atoms with van der Waals surface area (Å²) in [4.78, 5) is 22.2. The molecule has 0 bridgehead atoms. The largest absolute Gasteiger partial charge is 0.479 e. The molecule has 0 aromatic heterocycles. The number of hydrogen-bond acceptors (Lipinski definition) is 4. The number of nitrogens with two attached hydrogens (primary N) is 1. The molecule has 0 aliphatic carbocycles. The third kappa shape index (κ3) is 4.35. The molecule has 5 N–H and O–H groups in total. The predicted octanol–water partition coefficient (Wildman–Crippen LogP) is -0.116. The van der Waals surface area contributed by atoms with Crippen LogP contribution in [0.5, 0.6) is 0 Å². The smallest absolute Gasteiger partial charge is 0.334 e. The molecule has 1 aromatic rings. The van der Waals surface area contributed by atoms with Gasteiger partial charge in [0, 0.05) is 6.04 Å². The fourth-order valence-electron chi connectivity index (χ4n) is 1.57. The van der Waals surface area contributed by atoms with Gasteiger partial charge in [0.25, 0.3) is 0 Å². The molecule has 0 radical (unpaired) electrons. The highest BCUT2D eigenvalue weighted by atomic mass is 16.4. The van der Waals surface area contributed by atoms with Gasteiger partial charge in [-0.25, -0.2) is 4.79 Å². The lowest BCUT2D eigenvalue weighted by atomic mass is 9.94. The van der Waals surface area contributed by atoms with E-state index in [4.69, 9.17) is 15.9 Å². The Hall–Kier alpha value is -1.92. The van der Waals surface area contributed by atoms with Crippen molar-refractivity contribution in [1.82, 2.24) is 5.32 Å². The zero-order valence-corrected chi connectivity index (χ0v) is 10.6. The summed E-state index contributed by atoms with van der Waals surface area (Å²) in [5.74, 6) is -2.29. The van der Waals surface area contributed by atoms with Crippen LogP contribution in [0.15, 0.2) is 30.3 Å². The first-order valence-electron chi connectivity index (χ1n) is 5.92. The van der Waals surface area contributed by atoms with Crippen LogP contribution in [-0.2, 0) is 9.59 Å². The second-order valence-electron chi connectivity index (χ2n) is 4.32. The fraction of sp³-hybridized carbons (Fsp3) is 0.385. The molecule has 104 valence electrons. The van der Waals surface area contributed by atoms with Gasteiger partial charge in [-0.05, 0) is 5.56 Å². The summed E-state index contributed by atoms with van der Waals surface area (Å²) in [5, 5.41) is 19.9. The van der Waals surface area contributed by atoms with Gasteiger partial charge in [0.2, 0.25) is 5.91 Å². The van der Waals surface area contributed by atoms with Gasteiger partial charge in [0.15, 0.2) is 6.10 Å². The van der Waals surface area contributed by atoms with Gasteiger partial charge in [-0.1, -0.05) is 37.3 Å². The minimum atomic E-state index is -1.61. The maximum atomic E-state index is 11.8. The molecule has 0 saturated heterocycles. The zero-order valence-electron chi connectivity index (χ0n) is 10.6. The Kier molecular flexibility index (Phi) is 5.47. The first-order chi connectivity index (χ1) is 8.93. The molecule has 0 aliphatic heterocycles. The Morgan fingerprint density at radius 3 is 2.42 bits per heavy atom. The molecule has 0 fully saturated rings. The van der Waals surface area contributed by atoms with Gasteiger partial charge in [0.1, 0.15) is 0 Å². The van der Waals surface area contributed by atoms with Crippen LogP contribution < -0.4 is 11.1 Å². The lowest BCUT2D eigenvalue weighted by Gasteiger charge is -2.20. The minimum absolute atomic E-state index is 0.333. The number of carboxylic acid groups (broad SMARTS) is 1. The standard InChI is InChI=1S/C13H18N2O4/c1-8(11(14)9-5-3-2-4-6-9)12(17)15-7-10(16)13(18)19/h2-6,8,10-11,16H,7,14H2,1H3,(H,15,17)(H,18,19). The number of aliphatic hydroxyl groups is 1. The van der Waals surface area contributed by atoms with E-state index in [1.807, 2.05) is 30.3 Å². The van der Waals surface area contributed by atoms with E-state index < -0.39 is 29.9 Å². The average Bonchev–Trinajstić information content (AvgIpc) is 2.43. The van der Waals surface area contributed by atoms with E-state index in [1.54, 1.807) is 6.92 Å². The van der Waals surface area contributed by atoms with E-state index in [2.05, 4.69) is 5.32 Å². The maximum absolute atomic E-state index is 11.8. The number of hydrogen-bond donors (Lipinski definition) is 4. The van der Waals surface area contributed by atoms with E-state index in [1.165, 1.54) is 0 Å². The minimum Gasteiger partial charge on any atom is -0.479 e. The molecule has 3 atom stereocenters. The monoisotopic (exact) mass is 266 g/mol. The highest BCUT2D eigenvalue weighted by molar-refractivity contribution is 5.80. The highest BCUT2D eigenvalue weighted by Crippen LogP contribution is 2.18. The molecular weight excluding hydrogens is 248 g/mol. The Morgan fingerprint density at radius 1 is 1.32 bits per heavy atom. The van der Waals surface area contributed by atoms with E-state index in [9.17, 15) is 9.59 Å². The third-order valence-electron chi connectivity index (χ3n) is 2.89. The molecule has 1 rings (SSSR count). The number of aliphatic carboxylic acids is 1. The van der Waals surface area contributed by atoms with Gasteiger partial charge in [-0.2, -0.15) is 0 Å². The van der Waals surface area contributed by atoms with Crippen molar-refractivity contribution in [3.8, 4) is 0 Å².